The zero-order chi connectivity index (χ0) is 19.8. The van der Waals surface area contributed by atoms with Crippen LogP contribution in [0.4, 0.5) is 0 Å². The average Bonchev–Trinajstić information content (AvgIpc) is 3.36. The van der Waals surface area contributed by atoms with Gasteiger partial charge in [0.2, 0.25) is 5.78 Å². The van der Waals surface area contributed by atoms with Crippen LogP contribution in [0.15, 0.2) is 53.9 Å². The summed E-state index contributed by atoms with van der Waals surface area (Å²) in [6.07, 6.45) is 6.16. The van der Waals surface area contributed by atoms with Gasteiger partial charge in [-0.3, -0.25) is 14.7 Å². The third kappa shape index (κ3) is 3.45. The number of rotatable bonds is 4. The molecular formula is C23H20N2O3S. The summed E-state index contributed by atoms with van der Waals surface area (Å²) < 4.78 is 12.1. The predicted octanol–water partition coefficient (Wildman–Crippen LogP) is 4.46. The summed E-state index contributed by atoms with van der Waals surface area (Å²) in [5, 5.41) is 2.10. The summed E-state index contributed by atoms with van der Waals surface area (Å²) in [7, 11) is 0. The molecule has 0 spiro atoms. The number of hydrogen-bond donors (Lipinski definition) is 0. The second-order valence-corrected chi connectivity index (χ2v) is 8.28. The number of aromatic nitrogens is 1. The van der Waals surface area contributed by atoms with Gasteiger partial charge in [0, 0.05) is 30.4 Å². The molecule has 5 rings (SSSR count). The smallest absolute Gasteiger partial charge is 0.232 e. The van der Waals surface area contributed by atoms with E-state index in [-0.39, 0.29) is 5.78 Å². The zero-order valence-corrected chi connectivity index (χ0v) is 16.9. The molecule has 2 aliphatic rings. The molecule has 2 aliphatic heterocycles. The van der Waals surface area contributed by atoms with Crippen LogP contribution in [-0.4, -0.2) is 28.9 Å². The quantitative estimate of drug-likeness (QED) is 0.601. The number of nitrogens with zero attached hydrogens (tertiary/aromatic N) is 2. The van der Waals surface area contributed by atoms with Gasteiger partial charge in [-0.1, -0.05) is 6.07 Å². The first-order valence-corrected chi connectivity index (χ1v) is 10.5. The van der Waals surface area contributed by atoms with E-state index in [1.54, 1.807) is 29.8 Å². The van der Waals surface area contributed by atoms with Gasteiger partial charge in [-0.25, -0.2) is 0 Å². The highest BCUT2D eigenvalue weighted by Gasteiger charge is 2.35. The van der Waals surface area contributed by atoms with E-state index in [0.29, 0.717) is 30.3 Å². The summed E-state index contributed by atoms with van der Waals surface area (Å²) >= 11 is 1.77. The summed E-state index contributed by atoms with van der Waals surface area (Å²) in [5.41, 5.74) is 3.37. The van der Waals surface area contributed by atoms with Crippen LogP contribution in [0.5, 0.6) is 11.5 Å². The van der Waals surface area contributed by atoms with Crippen molar-refractivity contribution >= 4 is 23.2 Å². The number of Topliss-reactive ketones (excluding diaryl/α,β-unsaturated/α-hetero) is 1. The summed E-state index contributed by atoms with van der Waals surface area (Å²) in [5.74, 6) is 1.73. The summed E-state index contributed by atoms with van der Waals surface area (Å²) in [6.45, 7) is 4.09. The number of ether oxygens (including phenoxy) is 2. The molecule has 0 unspecified atom stereocenters. The lowest BCUT2D eigenvalue weighted by atomic mass is 9.98. The van der Waals surface area contributed by atoms with Crippen LogP contribution in [0.1, 0.15) is 31.9 Å². The second kappa shape index (κ2) is 7.46. The number of pyridine rings is 1. The number of thiophene rings is 1. The number of benzene rings is 1. The minimum absolute atomic E-state index is 0.0761. The van der Waals surface area contributed by atoms with Crippen LogP contribution >= 0.6 is 11.3 Å². The Morgan fingerprint density at radius 1 is 1.28 bits per heavy atom. The number of aryl methyl sites for hydroxylation is 1. The van der Waals surface area contributed by atoms with Gasteiger partial charge in [-0.05, 0) is 60.2 Å². The van der Waals surface area contributed by atoms with Gasteiger partial charge in [-0.2, -0.15) is 0 Å². The number of carbonyl (C=O) groups is 1. The van der Waals surface area contributed by atoms with Crippen LogP contribution in [0, 0.1) is 6.92 Å². The Hall–Kier alpha value is -2.96. The third-order valence-electron chi connectivity index (χ3n) is 5.25. The lowest BCUT2D eigenvalue weighted by molar-refractivity contribution is 0.0951. The van der Waals surface area contributed by atoms with Crippen molar-refractivity contribution in [2.45, 2.75) is 19.9 Å². The van der Waals surface area contributed by atoms with Crippen molar-refractivity contribution in [2.24, 2.45) is 0 Å². The van der Waals surface area contributed by atoms with Crippen molar-refractivity contribution in [2.75, 3.05) is 13.3 Å². The molecule has 146 valence electrons. The minimum atomic E-state index is -0.0761. The maximum Gasteiger partial charge on any atom is 0.232 e. The van der Waals surface area contributed by atoms with Crippen molar-refractivity contribution in [1.29, 1.82) is 0 Å². The normalized spacial score (nSPS) is 17.0. The Balaban J connectivity index is 1.43. The fourth-order valence-electron chi connectivity index (χ4n) is 3.75. The lowest BCUT2D eigenvalue weighted by Gasteiger charge is -2.30. The Morgan fingerprint density at radius 2 is 2.14 bits per heavy atom. The molecule has 0 N–H and O–H groups in total. The Morgan fingerprint density at radius 3 is 2.93 bits per heavy atom. The number of fused-ring (bicyclic) bond motifs is 3. The van der Waals surface area contributed by atoms with E-state index in [1.807, 2.05) is 25.1 Å². The van der Waals surface area contributed by atoms with Crippen molar-refractivity contribution in [3.63, 3.8) is 0 Å². The Labute approximate surface area is 173 Å². The van der Waals surface area contributed by atoms with Gasteiger partial charge in [-0.15, -0.1) is 11.3 Å². The molecule has 0 saturated carbocycles. The van der Waals surface area contributed by atoms with E-state index >= 15 is 0 Å². The first-order valence-electron chi connectivity index (χ1n) is 9.57. The third-order valence-corrected chi connectivity index (χ3v) is 6.18. The average molecular weight is 404 g/mol. The highest BCUT2D eigenvalue weighted by Crippen LogP contribution is 2.44. The molecule has 0 fully saturated rings. The van der Waals surface area contributed by atoms with E-state index < -0.39 is 0 Å². The van der Waals surface area contributed by atoms with E-state index in [2.05, 4.69) is 27.4 Å². The number of allylic oxidation sites excluding steroid dienone is 1. The molecule has 3 aromatic rings. The fraction of sp³-hybridized carbons (Fsp3) is 0.217. The van der Waals surface area contributed by atoms with Crippen molar-refractivity contribution < 1.29 is 14.3 Å². The number of ketones is 1. The van der Waals surface area contributed by atoms with E-state index in [1.165, 1.54) is 4.88 Å². The van der Waals surface area contributed by atoms with Crippen LogP contribution in [0.2, 0.25) is 0 Å². The highest BCUT2D eigenvalue weighted by molar-refractivity contribution is 7.09. The molecule has 0 bridgehead atoms. The van der Waals surface area contributed by atoms with Gasteiger partial charge in [0.15, 0.2) is 5.76 Å². The largest absolute Gasteiger partial charge is 0.478 e. The number of carbonyl (C=O) groups excluding carboxylic acids is 1. The van der Waals surface area contributed by atoms with Crippen LogP contribution in [0.25, 0.3) is 6.08 Å². The van der Waals surface area contributed by atoms with Crippen LogP contribution in [-0.2, 0) is 13.0 Å². The first kappa shape index (κ1) is 18.1. The fourth-order valence-corrected chi connectivity index (χ4v) is 4.45. The molecule has 0 saturated heterocycles. The molecule has 0 amide bonds. The Bertz CT molecular complexity index is 1090. The van der Waals surface area contributed by atoms with Crippen molar-refractivity contribution in [1.82, 2.24) is 9.88 Å². The van der Waals surface area contributed by atoms with Gasteiger partial charge < -0.3 is 9.47 Å². The second-order valence-electron chi connectivity index (χ2n) is 7.25. The first-order chi connectivity index (χ1) is 14.2. The van der Waals surface area contributed by atoms with Crippen LogP contribution < -0.4 is 9.47 Å². The lowest BCUT2D eigenvalue weighted by Crippen LogP contribution is -2.33. The van der Waals surface area contributed by atoms with E-state index in [9.17, 15) is 4.79 Å². The highest BCUT2D eigenvalue weighted by atomic mass is 32.1. The molecule has 29 heavy (non-hydrogen) atoms. The van der Waals surface area contributed by atoms with E-state index in [4.69, 9.17) is 9.47 Å². The van der Waals surface area contributed by atoms with Crippen molar-refractivity contribution in [3.05, 3.63) is 81.0 Å². The molecule has 0 atom stereocenters. The SMILES string of the molecule is Cc1cc2c(c3c1C(=O)/C(=C/c1ccncc1)O3)CN(CCc1cccs1)CO2. The van der Waals surface area contributed by atoms with E-state index in [0.717, 1.165) is 35.4 Å². The van der Waals surface area contributed by atoms with Gasteiger partial charge in [0.25, 0.3) is 0 Å². The topological polar surface area (TPSA) is 51.7 Å². The molecule has 2 aromatic heterocycles. The zero-order valence-electron chi connectivity index (χ0n) is 16.1. The number of hydrogen-bond acceptors (Lipinski definition) is 6. The monoisotopic (exact) mass is 404 g/mol. The Kier molecular flexibility index (Phi) is 4.66. The summed E-state index contributed by atoms with van der Waals surface area (Å²) in [6, 6.07) is 9.90. The molecule has 6 heteroatoms. The molecule has 0 radical (unpaired) electrons. The predicted molar refractivity (Wildman–Crippen MR) is 112 cm³/mol. The molecule has 4 heterocycles. The van der Waals surface area contributed by atoms with Gasteiger partial charge in [0.05, 0.1) is 11.1 Å². The molecule has 1 aromatic carbocycles. The maximum atomic E-state index is 13.0. The minimum Gasteiger partial charge on any atom is -0.478 e. The molecule has 5 nitrogen and oxygen atoms in total. The maximum absolute atomic E-state index is 13.0. The van der Waals surface area contributed by atoms with Crippen molar-refractivity contribution in [3.8, 4) is 11.5 Å². The van der Waals surface area contributed by atoms with Gasteiger partial charge >= 0.3 is 0 Å². The molecule has 0 aliphatic carbocycles. The summed E-state index contributed by atoms with van der Waals surface area (Å²) in [4.78, 5) is 20.6. The molecular weight excluding hydrogens is 384 g/mol. The van der Waals surface area contributed by atoms with Gasteiger partial charge in [0.1, 0.15) is 18.2 Å². The standard InChI is InChI=1S/C23H20N2O3S/c1-15-11-19-18(13-25(14-27-19)9-6-17-3-2-10-29-17)23-21(15)22(26)20(28-23)12-16-4-7-24-8-5-16/h2-5,7-8,10-12H,6,9,13-14H2,1H3/b20-12-. The van der Waals surface area contributed by atoms with Crippen LogP contribution in [0.3, 0.4) is 0 Å².